The van der Waals surface area contributed by atoms with E-state index in [0.717, 1.165) is 48.1 Å². The molecule has 1 atom stereocenters. The summed E-state index contributed by atoms with van der Waals surface area (Å²) in [7, 11) is 1.97. The van der Waals surface area contributed by atoms with Gasteiger partial charge in [-0.05, 0) is 48.3 Å². The lowest BCUT2D eigenvalue weighted by molar-refractivity contribution is 0.646. The molecule has 0 bridgehead atoms. The van der Waals surface area contributed by atoms with Gasteiger partial charge in [0.1, 0.15) is 12.4 Å². The highest BCUT2D eigenvalue weighted by Gasteiger charge is 2.24. The van der Waals surface area contributed by atoms with E-state index in [9.17, 15) is 0 Å². The van der Waals surface area contributed by atoms with E-state index in [2.05, 4.69) is 71.8 Å². The zero-order chi connectivity index (χ0) is 18.5. The molecule has 7 nitrogen and oxygen atoms in total. The second-order valence-electron chi connectivity index (χ2n) is 6.44. The van der Waals surface area contributed by atoms with Crippen molar-refractivity contribution in [3.63, 3.8) is 0 Å². The summed E-state index contributed by atoms with van der Waals surface area (Å²) in [6.45, 7) is 7.33. The molecule has 1 saturated heterocycles. The van der Waals surface area contributed by atoms with Crippen molar-refractivity contribution in [2.75, 3.05) is 24.5 Å². The fourth-order valence-corrected chi connectivity index (χ4v) is 3.59. The van der Waals surface area contributed by atoms with Crippen LogP contribution in [0.25, 0.3) is 0 Å². The van der Waals surface area contributed by atoms with Crippen LogP contribution in [0.5, 0.6) is 0 Å². The molecule has 1 aliphatic rings. The third kappa shape index (κ3) is 4.35. The van der Waals surface area contributed by atoms with Crippen LogP contribution in [0.1, 0.15) is 25.0 Å². The van der Waals surface area contributed by atoms with Crippen molar-refractivity contribution in [1.29, 1.82) is 0 Å². The molecule has 1 fully saturated rings. The Morgan fingerprint density at radius 2 is 2.15 bits per heavy atom. The van der Waals surface area contributed by atoms with Crippen LogP contribution in [-0.2, 0) is 13.6 Å². The second-order valence-corrected chi connectivity index (χ2v) is 7.30. The quantitative estimate of drug-likeness (QED) is 0.574. The molecule has 1 aromatic heterocycles. The second kappa shape index (κ2) is 8.53. The van der Waals surface area contributed by atoms with Crippen LogP contribution in [0.15, 0.2) is 33.7 Å². The molecule has 0 aliphatic carbocycles. The van der Waals surface area contributed by atoms with Gasteiger partial charge >= 0.3 is 0 Å². The lowest BCUT2D eigenvalue weighted by Gasteiger charge is -2.21. The molecular weight excluding hydrogens is 394 g/mol. The molecule has 2 aromatic rings. The van der Waals surface area contributed by atoms with Crippen LogP contribution in [0.2, 0.25) is 0 Å². The maximum Gasteiger partial charge on any atom is 0.191 e. The average molecular weight is 420 g/mol. The molecule has 8 heteroatoms. The number of nitrogens with zero attached hydrogens (tertiary/aromatic N) is 5. The van der Waals surface area contributed by atoms with Crippen LogP contribution in [0.4, 0.5) is 5.69 Å². The number of halogens is 1. The largest absolute Gasteiger partial charge is 0.368 e. The molecule has 2 N–H and O–H groups in total. The summed E-state index contributed by atoms with van der Waals surface area (Å²) >= 11 is 3.65. The van der Waals surface area contributed by atoms with Gasteiger partial charge in [0.15, 0.2) is 11.8 Å². The molecule has 0 spiro atoms. The molecule has 3 rings (SSSR count). The van der Waals surface area contributed by atoms with Crippen molar-refractivity contribution in [2.24, 2.45) is 12.0 Å². The number of aromatic nitrogens is 3. The van der Waals surface area contributed by atoms with Gasteiger partial charge in [0.05, 0.1) is 5.69 Å². The summed E-state index contributed by atoms with van der Waals surface area (Å²) in [5, 5.41) is 15.1. The van der Waals surface area contributed by atoms with Crippen molar-refractivity contribution in [3.8, 4) is 0 Å². The first-order chi connectivity index (χ1) is 12.6. The number of para-hydroxylation sites is 1. The number of hydrogen-bond acceptors (Lipinski definition) is 4. The minimum atomic E-state index is 0.362. The van der Waals surface area contributed by atoms with Gasteiger partial charge in [-0.2, -0.15) is 0 Å². The van der Waals surface area contributed by atoms with Crippen molar-refractivity contribution < 1.29 is 0 Å². The maximum atomic E-state index is 4.68. The van der Waals surface area contributed by atoms with E-state index in [-0.39, 0.29) is 0 Å². The van der Waals surface area contributed by atoms with Crippen LogP contribution in [0, 0.1) is 6.92 Å². The molecule has 1 aliphatic heterocycles. The fourth-order valence-electron chi connectivity index (χ4n) is 3.06. The van der Waals surface area contributed by atoms with E-state index in [0.29, 0.717) is 12.6 Å². The van der Waals surface area contributed by atoms with Crippen molar-refractivity contribution >= 4 is 27.6 Å². The van der Waals surface area contributed by atoms with Crippen molar-refractivity contribution in [1.82, 2.24) is 25.4 Å². The predicted molar refractivity (Wildman–Crippen MR) is 108 cm³/mol. The molecule has 2 heterocycles. The molecule has 0 saturated carbocycles. The fraction of sp³-hybridized carbons (Fsp3) is 0.500. The van der Waals surface area contributed by atoms with Gasteiger partial charge in [0.2, 0.25) is 0 Å². The van der Waals surface area contributed by atoms with Gasteiger partial charge in [0, 0.05) is 37.2 Å². The van der Waals surface area contributed by atoms with Gasteiger partial charge in [-0.25, -0.2) is 4.99 Å². The minimum Gasteiger partial charge on any atom is -0.368 e. The van der Waals surface area contributed by atoms with Crippen molar-refractivity contribution in [2.45, 2.75) is 32.9 Å². The Hall–Kier alpha value is -2.09. The highest BCUT2D eigenvalue weighted by atomic mass is 79.9. The summed E-state index contributed by atoms with van der Waals surface area (Å²) in [5.41, 5.74) is 1.24. The Labute approximate surface area is 163 Å². The topological polar surface area (TPSA) is 70.4 Å². The average Bonchev–Trinajstić information content (AvgIpc) is 3.21. The first-order valence-electron chi connectivity index (χ1n) is 8.97. The van der Waals surface area contributed by atoms with E-state index < -0.39 is 0 Å². The van der Waals surface area contributed by atoms with Gasteiger partial charge in [-0.15, -0.1) is 10.2 Å². The lowest BCUT2D eigenvalue weighted by atomic mass is 10.3. The minimum absolute atomic E-state index is 0.362. The number of aryl methyl sites for hydroxylation is 1. The first-order valence-corrected chi connectivity index (χ1v) is 9.77. The molecular formula is C18H26BrN7. The summed E-state index contributed by atoms with van der Waals surface area (Å²) in [5.74, 6) is 2.58. The molecule has 1 unspecified atom stereocenters. The normalized spacial score (nSPS) is 17.6. The Balaban J connectivity index is 1.62. The Bertz CT molecular complexity index is 771. The van der Waals surface area contributed by atoms with E-state index in [1.807, 2.05) is 24.6 Å². The number of hydrogen-bond donors (Lipinski definition) is 2. The highest BCUT2D eigenvalue weighted by Crippen LogP contribution is 2.28. The highest BCUT2D eigenvalue weighted by molar-refractivity contribution is 9.10. The van der Waals surface area contributed by atoms with Crippen LogP contribution >= 0.6 is 15.9 Å². The number of rotatable bonds is 5. The van der Waals surface area contributed by atoms with Crippen molar-refractivity contribution in [3.05, 3.63) is 40.4 Å². The molecule has 1 aromatic carbocycles. The van der Waals surface area contributed by atoms with Gasteiger partial charge in [-0.3, -0.25) is 0 Å². The predicted octanol–water partition coefficient (Wildman–Crippen LogP) is 2.22. The van der Waals surface area contributed by atoms with E-state index >= 15 is 0 Å². The Kier molecular flexibility index (Phi) is 6.13. The lowest BCUT2D eigenvalue weighted by Crippen LogP contribution is -2.44. The summed E-state index contributed by atoms with van der Waals surface area (Å²) in [6, 6.07) is 8.73. The van der Waals surface area contributed by atoms with Gasteiger partial charge in [-0.1, -0.05) is 12.1 Å². The smallest absolute Gasteiger partial charge is 0.191 e. The third-order valence-corrected chi connectivity index (χ3v) is 5.30. The Morgan fingerprint density at radius 1 is 1.35 bits per heavy atom. The van der Waals surface area contributed by atoms with E-state index in [4.69, 9.17) is 0 Å². The number of anilines is 1. The summed E-state index contributed by atoms with van der Waals surface area (Å²) < 4.78 is 3.11. The monoisotopic (exact) mass is 419 g/mol. The molecule has 140 valence electrons. The van der Waals surface area contributed by atoms with Crippen LogP contribution < -0.4 is 15.5 Å². The van der Waals surface area contributed by atoms with E-state index in [1.165, 1.54) is 5.69 Å². The zero-order valence-electron chi connectivity index (χ0n) is 15.5. The maximum absolute atomic E-state index is 4.68. The van der Waals surface area contributed by atoms with Crippen LogP contribution in [0.3, 0.4) is 0 Å². The molecule has 0 amide bonds. The molecule has 26 heavy (non-hydrogen) atoms. The SMILES string of the molecule is CCNC(=NCc1nnc(C)n1C)NC1CCN(c2ccccc2Br)C1. The van der Waals surface area contributed by atoms with Gasteiger partial charge < -0.3 is 20.1 Å². The summed E-state index contributed by atoms with van der Waals surface area (Å²) in [4.78, 5) is 7.08. The number of aliphatic imine (C=N–C) groups is 1. The summed E-state index contributed by atoms with van der Waals surface area (Å²) in [6.07, 6.45) is 1.08. The van der Waals surface area contributed by atoms with Crippen LogP contribution in [-0.4, -0.2) is 46.4 Å². The third-order valence-electron chi connectivity index (χ3n) is 4.63. The van der Waals surface area contributed by atoms with Gasteiger partial charge in [0.25, 0.3) is 0 Å². The standard InChI is InChI=1S/C18H26BrN7/c1-4-20-18(21-11-17-24-23-13(2)25(17)3)22-14-9-10-26(12-14)16-8-6-5-7-15(16)19/h5-8,14H,4,9-12H2,1-3H3,(H2,20,21,22). The number of guanidine groups is 1. The number of nitrogens with one attached hydrogen (secondary N) is 2. The Morgan fingerprint density at radius 3 is 2.85 bits per heavy atom. The zero-order valence-corrected chi connectivity index (χ0v) is 17.1. The number of benzene rings is 1. The van der Waals surface area contributed by atoms with E-state index in [1.54, 1.807) is 0 Å². The first kappa shape index (κ1) is 18.7. The molecule has 0 radical (unpaired) electrons.